The van der Waals surface area contributed by atoms with Gasteiger partial charge in [-0.15, -0.1) is 0 Å². The summed E-state index contributed by atoms with van der Waals surface area (Å²) in [5.41, 5.74) is 0. The Balaban J connectivity index is 1.55. The van der Waals surface area contributed by atoms with Crippen molar-refractivity contribution in [2.24, 2.45) is 0 Å². The van der Waals surface area contributed by atoms with Crippen molar-refractivity contribution in [3.63, 3.8) is 0 Å². The second-order valence-electron chi connectivity index (χ2n) is 6.21. The summed E-state index contributed by atoms with van der Waals surface area (Å²) in [5.74, 6) is 0.134. The van der Waals surface area contributed by atoms with Crippen LogP contribution in [0.2, 0.25) is 0 Å². The standard InChI is InChI=1S/C19H21FN2O5S/c1-26-16-5-7-18(8-6-16)28(24,25)22-11-9-21(10-12-22)19(23)14-27-17-4-2-3-15(20)13-17/h2-8,13H,9-12,14H2,1H3. The van der Waals surface area contributed by atoms with Gasteiger partial charge < -0.3 is 14.4 Å². The average Bonchev–Trinajstić information content (AvgIpc) is 2.72. The first-order valence-corrected chi connectivity index (χ1v) is 10.1. The van der Waals surface area contributed by atoms with Crippen LogP contribution in [0.15, 0.2) is 53.4 Å². The van der Waals surface area contributed by atoms with Crippen LogP contribution in [0.4, 0.5) is 4.39 Å². The van der Waals surface area contributed by atoms with Crippen molar-refractivity contribution in [1.82, 2.24) is 9.21 Å². The molecule has 0 atom stereocenters. The van der Waals surface area contributed by atoms with Crippen molar-refractivity contribution in [2.75, 3.05) is 39.9 Å². The van der Waals surface area contributed by atoms with Crippen LogP contribution < -0.4 is 9.47 Å². The smallest absolute Gasteiger partial charge is 0.260 e. The molecule has 0 aromatic heterocycles. The van der Waals surface area contributed by atoms with E-state index < -0.39 is 15.8 Å². The van der Waals surface area contributed by atoms with Gasteiger partial charge in [0.05, 0.1) is 12.0 Å². The fraction of sp³-hybridized carbons (Fsp3) is 0.316. The van der Waals surface area contributed by atoms with E-state index in [0.29, 0.717) is 5.75 Å². The number of methoxy groups -OCH3 is 1. The molecule has 0 radical (unpaired) electrons. The molecule has 2 aromatic rings. The van der Waals surface area contributed by atoms with Gasteiger partial charge in [-0.05, 0) is 36.4 Å². The SMILES string of the molecule is COc1ccc(S(=O)(=O)N2CCN(C(=O)COc3cccc(F)c3)CC2)cc1. The zero-order valence-corrected chi connectivity index (χ0v) is 16.2. The Labute approximate surface area is 163 Å². The highest BCUT2D eigenvalue weighted by molar-refractivity contribution is 7.89. The molecule has 1 aliphatic rings. The summed E-state index contributed by atoms with van der Waals surface area (Å²) in [4.78, 5) is 14.0. The minimum absolute atomic E-state index is 0.183. The largest absolute Gasteiger partial charge is 0.497 e. The molecule has 2 aromatic carbocycles. The fourth-order valence-electron chi connectivity index (χ4n) is 2.87. The van der Waals surface area contributed by atoms with Gasteiger partial charge in [0.1, 0.15) is 17.3 Å². The zero-order chi connectivity index (χ0) is 20.1. The lowest BCUT2D eigenvalue weighted by molar-refractivity contribution is -0.134. The molecule has 1 aliphatic heterocycles. The quantitative estimate of drug-likeness (QED) is 0.728. The molecule has 3 rings (SSSR count). The number of halogens is 1. The highest BCUT2D eigenvalue weighted by Crippen LogP contribution is 2.21. The molecule has 1 amide bonds. The van der Waals surface area contributed by atoms with E-state index in [1.807, 2.05) is 0 Å². The summed E-state index contributed by atoms with van der Waals surface area (Å²) in [7, 11) is -2.12. The number of nitrogens with zero attached hydrogens (tertiary/aromatic N) is 2. The summed E-state index contributed by atoms with van der Waals surface area (Å²) >= 11 is 0. The Morgan fingerprint density at radius 3 is 2.32 bits per heavy atom. The van der Waals surface area contributed by atoms with Gasteiger partial charge in [0.2, 0.25) is 10.0 Å². The van der Waals surface area contributed by atoms with Crippen molar-refractivity contribution >= 4 is 15.9 Å². The van der Waals surface area contributed by atoms with Crippen molar-refractivity contribution in [3.05, 3.63) is 54.3 Å². The van der Waals surface area contributed by atoms with E-state index in [9.17, 15) is 17.6 Å². The number of carbonyl (C=O) groups excluding carboxylic acids is 1. The molecule has 0 bridgehead atoms. The third-order valence-electron chi connectivity index (χ3n) is 4.45. The van der Waals surface area contributed by atoms with Crippen LogP contribution in [-0.4, -0.2) is 63.4 Å². The normalized spacial score (nSPS) is 15.3. The van der Waals surface area contributed by atoms with Gasteiger partial charge in [0, 0.05) is 32.2 Å². The predicted octanol–water partition coefficient (Wildman–Crippen LogP) is 1.75. The Kier molecular flexibility index (Phi) is 6.15. The number of amides is 1. The van der Waals surface area contributed by atoms with E-state index in [1.54, 1.807) is 23.1 Å². The molecular formula is C19H21FN2O5S. The molecule has 1 heterocycles. The van der Waals surface area contributed by atoms with E-state index in [0.717, 1.165) is 0 Å². The van der Waals surface area contributed by atoms with Crippen LogP contribution in [0.1, 0.15) is 0 Å². The third kappa shape index (κ3) is 4.60. The number of ether oxygens (including phenoxy) is 2. The molecule has 0 spiro atoms. The van der Waals surface area contributed by atoms with Gasteiger partial charge in [-0.3, -0.25) is 4.79 Å². The molecular weight excluding hydrogens is 387 g/mol. The molecule has 7 nitrogen and oxygen atoms in total. The van der Waals surface area contributed by atoms with Gasteiger partial charge >= 0.3 is 0 Å². The second-order valence-corrected chi connectivity index (χ2v) is 8.14. The summed E-state index contributed by atoms with van der Waals surface area (Å²) < 4.78 is 50.3. The lowest BCUT2D eigenvalue weighted by atomic mass is 10.3. The maximum Gasteiger partial charge on any atom is 0.260 e. The lowest BCUT2D eigenvalue weighted by Gasteiger charge is -2.34. The van der Waals surface area contributed by atoms with Crippen molar-refractivity contribution in [2.45, 2.75) is 4.90 Å². The highest BCUT2D eigenvalue weighted by atomic mass is 32.2. The fourth-order valence-corrected chi connectivity index (χ4v) is 4.29. The number of rotatable bonds is 6. The average molecular weight is 408 g/mol. The van der Waals surface area contributed by atoms with Gasteiger partial charge in [-0.2, -0.15) is 4.31 Å². The summed E-state index contributed by atoms with van der Waals surface area (Å²) in [5, 5.41) is 0. The monoisotopic (exact) mass is 408 g/mol. The van der Waals surface area contributed by atoms with Gasteiger partial charge in [0.25, 0.3) is 5.91 Å². The number of hydrogen-bond acceptors (Lipinski definition) is 5. The van der Waals surface area contributed by atoms with E-state index in [-0.39, 0.29) is 49.3 Å². The van der Waals surface area contributed by atoms with Crippen LogP contribution in [0.5, 0.6) is 11.5 Å². The van der Waals surface area contributed by atoms with Crippen molar-refractivity contribution in [3.8, 4) is 11.5 Å². The minimum Gasteiger partial charge on any atom is -0.497 e. The molecule has 28 heavy (non-hydrogen) atoms. The van der Waals surface area contributed by atoms with E-state index in [1.165, 1.54) is 41.7 Å². The summed E-state index contributed by atoms with van der Waals surface area (Å²) in [6.45, 7) is 0.691. The molecule has 9 heteroatoms. The molecule has 0 aliphatic carbocycles. The van der Waals surface area contributed by atoms with Crippen LogP contribution in [0.3, 0.4) is 0 Å². The maximum atomic E-state index is 13.1. The predicted molar refractivity (Wildman–Crippen MR) is 100 cm³/mol. The van der Waals surface area contributed by atoms with Gasteiger partial charge in [0.15, 0.2) is 6.61 Å². The van der Waals surface area contributed by atoms with Crippen LogP contribution in [-0.2, 0) is 14.8 Å². The minimum atomic E-state index is -3.63. The maximum absolute atomic E-state index is 13.1. The van der Waals surface area contributed by atoms with Gasteiger partial charge in [-0.25, -0.2) is 12.8 Å². The van der Waals surface area contributed by atoms with Crippen LogP contribution >= 0.6 is 0 Å². The molecule has 0 saturated carbocycles. The molecule has 0 unspecified atom stereocenters. The number of benzene rings is 2. The lowest BCUT2D eigenvalue weighted by Crippen LogP contribution is -2.51. The van der Waals surface area contributed by atoms with Crippen LogP contribution in [0, 0.1) is 5.82 Å². The first-order valence-electron chi connectivity index (χ1n) is 8.70. The first kappa shape index (κ1) is 20.1. The van der Waals surface area contributed by atoms with E-state index >= 15 is 0 Å². The Hall–Kier alpha value is -2.65. The second kappa shape index (κ2) is 8.57. The molecule has 1 fully saturated rings. The topological polar surface area (TPSA) is 76.2 Å². The Morgan fingerprint density at radius 1 is 1.04 bits per heavy atom. The van der Waals surface area contributed by atoms with Crippen molar-refractivity contribution < 1.29 is 27.1 Å². The Morgan fingerprint density at radius 2 is 1.71 bits per heavy atom. The highest BCUT2D eigenvalue weighted by Gasteiger charge is 2.30. The molecule has 150 valence electrons. The number of hydrogen-bond donors (Lipinski definition) is 0. The van der Waals surface area contributed by atoms with Gasteiger partial charge in [-0.1, -0.05) is 6.07 Å². The Bertz CT molecular complexity index is 926. The zero-order valence-electron chi connectivity index (χ0n) is 15.4. The first-order chi connectivity index (χ1) is 13.4. The van der Waals surface area contributed by atoms with Crippen LogP contribution in [0.25, 0.3) is 0 Å². The van der Waals surface area contributed by atoms with E-state index in [2.05, 4.69) is 0 Å². The van der Waals surface area contributed by atoms with E-state index in [4.69, 9.17) is 9.47 Å². The summed E-state index contributed by atoms with van der Waals surface area (Å²) in [6.07, 6.45) is 0. The number of carbonyl (C=O) groups is 1. The third-order valence-corrected chi connectivity index (χ3v) is 6.36. The number of sulfonamides is 1. The molecule has 1 saturated heterocycles. The molecule has 0 N–H and O–H groups in total. The van der Waals surface area contributed by atoms with Crippen molar-refractivity contribution in [1.29, 1.82) is 0 Å². The summed E-state index contributed by atoms with van der Waals surface area (Å²) in [6, 6.07) is 11.7. The number of piperazine rings is 1.